The van der Waals surface area contributed by atoms with E-state index in [0.29, 0.717) is 12.2 Å². The molecule has 0 amide bonds. The van der Waals surface area contributed by atoms with E-state index < -0.39 is 0 Å². The first-order valence-corrected chi connectivity index (χ1v) is 7.16. The third-order valence-electron chi connectivity index (χ3n) is 2.67. The fourth-order valence-corrected chi connectivity index (χ4v) is 2.77. The lowest BCUT2D eigenvalue weighted by atomic mass is 10.3. The van der Waals surface area contributed by atoms with Crippen LogP contribution in [0.5, 0.6) is 0 Å². The minimum atomic E-state index is -0.260. The topological polar surface area (TPSA) is 31.2 Å². The molecule has 3 nitrogen and oxygen atoms in total. The Balaban J connectivity index is 2.22. The summed E-state index contributed by atoms with van der Waals surface area (Å²) in [4.78, 5) is 12.9. The molecule has 4 heteroatoms. The number of esters is 1. The SMILES string of the molecule is CCOC(=O)c1cc(Sc2ccccc2)n(CC)c1. The van der Waals surface area contributed by atoms with Gasteiger partial charge in [0.2, 0.25) is 0 Å². The highest BCUT2D eigenvalue weighted by atomic mass is 32.2. The fraction of sp³-hybridized carbons (Fsp3) is 0.267. The molecule has 0 N–H and O–H groups in total. The Hall–Kier alpha value is -1.68. The largest absolute Gasteiger partial charge is 0.462 e. The van der Waals surface area contributed by atoms with Crippen molar-refractivity contribution >= 4 is 17.7 Å². The second-order valence-electron chi connectivity index (χ2n) is 3.99. The van der Waals surface area contributed by atoms with Gasteiger partial charge in [-0.15, -0.1) is 0 Å². The minimum absolute atomic E-state index is 0.260. The molecule has 0 aliphatic heterocycles. The van der Waals surface area contributed by atoms with Gasteiger partial charge in [-0.3, -0.25) is 0 Å². The zero-order chi connectivity index (χ0) is 13.7. The number of ether oxygens (including phenoxy) is 1. The van der Waals surface area contributed by atoms with Crippen LogP contribution in [0, 0.1) is 0 Å². The molecule has 1 aromatic carbocycles. The van der Waals surface area contributed by atoms with Gasteiger partial charge in [-0.2, -0.15) is 0 Å². The van der Waals surface area contributed by atoms with E-state index in [4.69, 9.17) is 4.74 Å². The van der Waals surface area contributed by atoms with Crippen molar-refractivity contribution < 1.29 is 9.53 Å². The number of hydrogen-bond acceptors (Lipinski definition) is 3. The molecule has 0 aliphatic carbocycles. The number of hydrogen-bond donors (Lipinski definition) is 0. The molecule has 0 bridgehead atoms. The van der Waals surface area contributed by atoms with Crippen LogP contribution in [0.4, 0.5) is 0 Å². The Bertz CT molecular complexity index is 549. The number of rotatable bonds is 5. The third-order valence-corrected chi connectivity index (χ3v) is 3.74. The van der Waals surface area contributed by atoms with Gasteiger partial charge in [0.1, 0.15) is 0 Å². The average molecular weight is 275 g/mol. The highest BCUT2D eigenvalue weighted by Crippen LogP contribution is 2.29. The molecule has 0 atom stereocenters. The number of aromatic nitrogens is 1. The fourth-order valence-electron chi connectivity index (χ4n) is 1.76. The first-order valence-electron chi connectivity index (χ1n) is 6.34. The van der Waals surface area contributed by atoms with Crippen molar-refractivity contribution in [3.05, 3.63) is 48.2 Å². The molecular weight excluding hydrogens is 258 g/mol. The lowest BCUT2D eigenvalue weighted by molar-refractivity contribution is 0.0526. The van der Waals surface area contributed by atoms with E-state index in [1.165, 1.54) is 0 Å². The van der Waals surface area contributed by atoms with E-state index >= 15 is 0 Å². The van der Waals surface area contributed by atoms with Crippen molar-refractivity contribution in [3.8, 4) is 0 Å². The Kier molecular flexibility index (Phi) is 4.68. The van der Waals surface area contributed by atoms with Gasteiger partial charge in [-0.05, 0) is 32.0 Å². The number of aryl methyl sites for hydroxylation is 1. The molecule has 0 unspecified atom stereocenters. The zero-order valence-corrected chi connectivity index (χ0v) is 11.9. The summed E-state index contributed by atoms with van der Waals surface area (Å²) in [6.07, 6.45) is 1.85. The van der Waals surface area contributed by atoms with Crippen LogP contribution in [0.3, 0.4) is 0 Å². The first kappa shape index (κ1) is 13.7. The van der Waals surface area contributed by atoms with Crippen LogP contribution in [0.15, 0.2) is 52.5 Å². The summed E-state index contributed by atoms with van der Waals surface area (Å²) in [6.45, 7) is 5.10. The van der Waals surface area contributed by atoms with Gasteiger partial charge < -0.3 is 9.30 Å². The summed E-state index contributed by atoms with van der Waals surface area (Å²) in [7, 11) is 0. The lowest BCUT2D eigenvalue weighted by Gasteiger charge is -2.04. The standard InChI is InChI=1S/C15H17NO2S/c1-3-16-11-12(15(17)18-4-2)10-14(16)19-13-8-6-5-7-9-13/h5-11H,3-4H2,1-2H3. The number of carbonyl (C=O) groups is 1. The van der Waals surface area contributed by atoms with Gasteiger partial charge in [0.25, 0.3) is 0 Å². The van der Waals surface area contributed by atoms with Crippen molar-refractivity contribution in [1.82, 2.24) is 4.57 Å². The van der Waals surface area contributed by atoms with Gasteiger partial charge in [0.15, 0.2) is 0 Å². The number of carbonyl (C=O) groups excluding carboxylic acids is 1. The van der Waals surface area contributed by atoms with Gasteiger partial charge in [-0.25, -0.2) is 4.79 Å². The molecule has 2 rings (SSSR count). The van der Waals surface area contributed by atoms with Crippen LogP contribution < -0.4 is 0 Å². The Morgan fingerprint density at radius 2 is 2.00 bits per heavy atom. The Morgan fingerprint density at radius 3 is 2.63 bits per heavy atom. The van der Waals surface area contributed by atoms with Gasteiger partial charge in [-0.1, -0.05) is 30.0 Å². The second kappa shape index (κ2) is 6.48. The maximum absolute atomic E-state index is 11.7. The highest BCUT2D eigenvalue weighted by molar-refractivity contribution is 7.99. The maximum atomic E-state index is 11.7. The summed E-state index contributed by atoms with van der Waals surface area (Å²) in [6, 6.07) is 12.0. The molecule has 0 aliphatic rings. The molecule has 100 valence electrons. The Labute approximate surface area is 117 Å². The Morgan fingerprint density at radius 1 is 1.26 bits per heavy atom. The first-order chi connectivity index (χ1) is 9.24. The third kappa shape index (κ3) is 3.41. The van der Waals surface area contributed by atoms with Crippen molar-refractivity contribution in [3.63, 3.8) is 0 Å². The van der Waals surface area contributed by atoms with Crippen LogP contribution in [0.1, 0.15) is 24.2 Å². The molecular formula is C15H17NO2S. The molecule has 0 spiro atoms. The lowest BCUT2D eigenvalue weighted by Crippen LogP contribution is -2.03. The predicted octanol–water partition coefficient (Wildman–Crippen LogP) is 3.84. The van der Waals surface area contributed by atoms with E-state index in [0.717, 1.165) is 16.5 Å². The predicted molar refractivity (Wildman–Crippen MR) is 76.6 cm³/mol. The molecule has 19 heavy (non-hydrogen) atoms. The zero-order valence-electron chi connectivity index (χ0n) is 11.1. The van der Waals surface area contributed by atoms with E-state index in [2.05, 4.69) is 23.6 Å². The summed E-state index contributed by atoms with van der Waals surface area (Å²) in [5, 5.41) is 1.05. The van der Waals surface area contributed by atoms with Gasteiger partial charge in [0.05, 0.1) is 17.2 Å². The summed E-state index contributed by atoms with van der Waals surface area (Å²) < 4.78 is 7.09. The minimum Gasteiger partial charge on any atom is -0.462 e. The van der Waals surface area contributed by atoms with E-state index in [1.807, 2.05) is 37.4 Å². The average Bonchev–Trinajstić information content (AvgIpc) is 2.83. The van der Waals surface area contributed by atoms with Gasteiger partial charge in [0, 0.05) is 17.6 Å². The van der Waals surface area contributed by atoms with E-state index in [-0.39, 0.29) is 5.97 Å². The van der Waals surface area contributed by atoms with Crippen molar-refractivity contribution in [2.45, 2.75) is 30.3 Å². The molecule has 0 saturated carbocycles. The molecule has 0 saturated heterocycles. The van der Waals surface area contributed by atoms with Crippen molar-refractivity contribution in [2.75, 3.05) is 6.61 Å². The van der Waals surface area contributed by atoms with Crippen LogP contribution in [0.25, 0.3) is 0 Å². The molecule has 0 radical (unpaired) electrons. The van der Waals surface area contributed by atoms with E-state index in [9.17, 15) is 4.79 Å². The molecule has 1 heterocycles. The van der Waals surface area contributed by atoms with Gasteiger partial charge >= 0.3 is 5.97 Å². The smallest absolute Gasteiger partial charge is 0.339 e. The van der Waals surface area contributed by atoms with E-state index in [1.54, 1.807) is 11.8 Å². The summed E-state index contributed by atoms with van der Waals surface area (Å²) >= 11 is 1.65. The quantitative estimate of drug-likeness (QED) is 0.777. The molecule has 1 aromatic heterocycles. The van der Waals surface area contributed by atoms with Crippen LogP contribution >= 0.6 is 11.8 Å². The molecule has 0 fully saturated rings. The maximum Gasteiger partial charge on any atom is 0.339 e. The summed E-state index contributed by atoms with van der Waals surface area (Å²) in [5.41, 5.74) is 0.613. The van der Waals surface area contributed by atoms with Crippen molar-refractivity contribution in [1.29, 1.82) is 0 Å². The monoisotopic (exact) mass is 275 g/mol. The summed E-state index contributed by atoms with van der Waals surface area (Å²) in [5.74, 6) is -0.260. The normalized spacial score (nSPS) is 10.4. The van der Waals surface area contributed by atoms with Crippen LogP contribution in [-0.2, 0) is 11.3 Å². The van der Waals surface area contributed by atoms with Crippen molar-refractivity contribution in [2.24, 2.45) is 0 Å². The van der Waals surface area contributed by atoms with Crippen LogP contribution in [-0.4, -0.2) is 17.1 Å². The highest BCUT2D eigenvalue weighted by Gasteiger charge is 2.13. The number of benzene rings is 1. The number of nitrogens with zero attached hydrogens (tertiary/aromatic N) is 1. The second-order valence-corrected chi connectivity index (χ2v) is 5.08. The molecule has 2 aromatic rings. The van der Waals surface area contributed by atoms with Crippen LogP contribution in [0.2, 0.25) is 0 Å².